The molecule has 0 radical (unpaired) electrons. The number of aryl methyl sites for hydroxylation is 1. The molecule has 0 fully saturated rings. The fourth-order valence-electron chi connectivity index (χ4n) is 1.97. The van der Waals surface area contributed by atoms with Gasteiger partial charge in [-0.3, -0.25) is 9.48 Å². The first-order valence-electron chi connectivity index (χ1n) is 5.95. The molecule has 0 saturated heterocycles. The SMILES string of the molecule is CCCn1ncc(-c2ccc(F)c(C=O)c2)c1C. The first-order valence-corrected chi connectivity index (χ1v) is 5.95. The van der Waals surface area contributed by atoms with E-state index in [9.17, 15) is 9.18 Å². The van der Waals surface area contributed by atoms with Crippen LogP contribution in [0, 0.1) is 12.7 Å². The van der Waals surface area contributed by atoms with Gasteiger partial charge in [0.25, 0.3) is 0 Å². The van der Waals surface area contributed by atoms with E-state index < -0.39 is 5.82 Å². The Bertz CT molecular complexity index is 575. The van der Waals surface area contributed by atoms with Crippen molar-refractivity contribution in [3.63, 3.8) is 0 Å². The molecule has 3 nitrogen and oxygen atoms in total. The van der Waals surface area contributed by atoms with Crippen molar-refractivity contribution in [3.8, 4) is 11.1 Å². The lowest BCUT2D eigenvalue weighted by Crippen LogP contribution is -2.01. The van der Waals surface area contributed by atoms with Crippen LogP contribution >= 0.6 is 0 Å². The van der Waals surface area contributed by atoms with E-state index in [1.165, 1.54) is 6.07 Å². The van der Waals surface area contributed by atoms with Crippen molar-refractivity contribution in [2.45, 2.75) is 26.8 Å². The maximum absolute atomic E-state index is 13.3. The van der Waals surface area contributed by atoms with Crippen LogP contribution in [0.25, 0.3) is 11.1 Å². The molecule has 1 heterocycles. The summed E-state index contributed by atoms with van der Waals surface area (Å²) in [5.74, 6) is -0.493. The van der Waals surface area contributed by atoms with Crippen molar-refractivity contribution >= 4 is 6.29 Å². The van der Waals surface area contributed by atoms with Gasteiger partial charge in [0.05, 0.1) is 11.8 Å². The maximum Gasteiger partial charge on any atom is 0.153 e. The molecule has 0 amide bonds. The molecular formula is C14H15FN2O. The molecule has 18 heavy (non-hydrogen) atoms. The van der Waals surface area contributed by atoms with E-state index in [0.717, 1.165) is 29.8 Å². The number of aldehydes is 1. The molecule has 0 atom stereocenters. The third-order valence-corrected chi connectivity index (χ3v) is 2.97. The van der Waals surface area contributed by atoms with Gasteiger partial charge in [-0.15, -0.1) is 0 Å². The highest BCUT2D eigenvalue weighted by Crippen LogP contribution is 2.24. The van der Waals surface area contributed by atoms with Crippen molar-refractivity contribution in [1.82, 2.24) is 9.78 Å². The lowest BCUT2D eigenvalue weighted by molar-refractivity contribution is 0.112. The summed E-state index contributed by atoms with van der Waals surface area (Å²) in [7, 11) is 0. The van der Waals surface area contributed by atoms with Crippen LogP contribution in [0.1, 0.15) is 29.4 Å². The smallest absolute Gasteiger partial charge is 0.153 e. The van der Waals surface area contributed by atoms with Crippen LogP contribution in [-0.2, 0) is 6.54 Å². The number of halogens is 1. The van der Waals surface area contributed by atoms with E-state index >= 15 is 0 Å². The monoisotopic (exact) mass is 246 g/mol. The minimum atomic E-state index is -0.493. The largest absolute Gasteiger partial charge is 0.298 e. The number of hydrogen-bond acceptors (Lipinski definition) is 2. The second-order valence-corrected chi connectivity index (χ2v) is 4.22. The lowest BCUT2D eigenvalue weighted by atomic mass is 10.0. The van der Waals surface area contributed by atoms with E-state index in [1.54, 1.807) is 18.3 Å². The van der Waals surface area contributed by atoms with Crippen LogP contribution in [0.3, 0.4) is 0 Å². The molecule has 4 heteroatoms. The Morgan fingerprint density at radius 1 is 1.44 bits per heavy atom. The number of carbonyl (C=O) groups excluding carboxylic acids is 1. The summed E-state index contributed by atoms with van der Waals surface area (Å²) < 4.78 is 15.2. The summed E-state index contributed by atoms with van der Waals surface area (Å²) in [5, 5.41) is 4.29. The average molecular weight is 246 g/mol. The minimum absolute atomic E-state index is 0.0788. The van der Waals surface area contributed by atoms with Crippen molar-refractivity contribution in [3.05, 3.63) is 41.5 Å². The molecule has 2 aromatic rings. The molecule has 1 aromatic heterocycles. The molecule has 0 aliphatic rings. The van der Waals surface area contributed by atoms with Gasteiger partial charge in [-0.25, -0.2) is 4.39 Å². The summed E-state index contributed by atoms with van der Waals surface area (Å²) in [6, 6.07) is 4.54. The Hall–Kier alpha value is -1.97. The molecule has 0 bridgehead atoms. The molecule has 2 rings (SSSR count). The second kappa shape index (κ2) is 5.12. The third kappa shape index (κ3) is 2.18. The van der Waals surface area contributed by atoms with Crippen LogP contribution in [0.2, 0.25) is 0 Å². The van der Waals surface area contributed by atoms with E-state index in [0.29, 0.717) is 6.29 Å². The van der Waals surface area contributed by atoms with Gasteiger partial charge in [0.1, 0.15) is 5.82 Å². The molecule has 94 valence electrons. The van der Waals surface area contributed by atoms with E-state index in [4.69, 9.17) is 0 Å². The quantitative estimate of drug-likeness (QED) is 0.776. The maximum atomic E-state index is 13.3. The molecule has 0 aliphatic carbocycles. The Labute approximate surface area is 105 Å². The summed E-state index contributed by atoms with van der Waals surface area (Å²) in [6.07, 6.45) is 3.29. The highest BCUT2D eigenvalue weighted by Gasteiger charge is 2.10. The van der Waals surface area contributed by atoms with Crippen LogP contribution in [0.4, 0.5) is 4.39 Å². The van der Waals surface area contributed by atoms with Crippen LogP contribution in [-0.4, -0.2) is 16.1 Å². The summed E-state index contributed by atoms with van der Waals surface area (Å²) in [5.41, 5.74) is 2.86. The highest BCUT2D eigenvalue weighted by atomic mass is 19.1. The molecule has 1 aromatic carbocycles. The summed E-state index contributed by atoms with van der Waals surface area (Å²) in [4.78, 5) is 10.7. The van der Waals surface area contributed by atoms with Crippen LogP contribution in [0.15, 0.2) is 24.4 Å². The van der Waals surface area contributed by atoms with Gasteiger partial charge in [-0.1, -0.05) is 13.0 Å². The van der Waals surface area contributed by atoms with Gasteiger partial charge in [-0.2, -0.15) is 5.10 Å². The zero-order valence-corrected chi connectivity index (χ0v) is 10.5. The Balaban J connectivity index is 2.45. The molecule has 0 N–H and O–H groups in total. The zero-order chi connectivity index (χ0) is 13.1. The second-order valence-electron chi connectivity index (χ2n) is 4.22. The van der Waals surface area contributed by atoms with Gasteiger partial charge < -0.3 is 0 Å². The molecule has 0 saturated carbocycles. The first-order chi connectivity index (χ1) is 8.67. The van der Waals surface area contributed by atoms with E-state index in [1.807, 2.05) is 11.6 Å². The third-order valence-electron chi connectivity index (χ3n) is 2.97. The number of nitrogens with zero attached hydrogens (tertiary/aromatic N) is 2. The van der Waals surface area contributed by atoms with E-state index in [-0.39, 0.29) is 5.56 Å². The number of rotatable bonds is 4. The average Bonchev–Trinajstić information content (AvgIpc) is 2.73. The highest BCUT2D eigenvalue weighted by molar-refractivity contribution is 5.79. The Morgan fingerprint density at radius 2 is 2.22 bits per heavy atom. The number of aromatic nitrogens is 2. The van der Waals surface area contributed by atoms with Crippen LogP contribution in [0.5, 0.6) is 0 Å². The number of hydrogen-bond donors (Lipinski definition) is 0. The van der Waals surface area contributed by atoms with Gasteiger partial charge >= 0.3 is 0 Å². The molecular weight excluding hydrogens is 231 g/mol. The first kappa shape index (κ1) is 12.5. The predicted molar refractivity (Wildman–Crippen MR) is 68.0 cm³/mol. The van der Waals surface area contributed by atoms with Crippen molar-refractivity contribution in [2.75, 3.05) is 0 Å². The summed E-state index contributed by atoms with van der Waals surface area (Å²) in [6.45, 7) is 4.92. The van der Waals surface area contributed by atoms with Crippen molar-refractivity contribution < 1.29 is 9.18 Å². The minimum Gasteiger partial charge on any atom is -0.298 e. The van der Waals surface area contributed by atoms with Gasteiger partial charge in [0.15, 0.2) is 6.29 Å². The molecule has 0 spiro atoms. The fraction of sp³-hybridized carbons (Fsp3) is 0.286. The normalized spacial score (nSPS) is 10.6. The summed E-state index contributed by atoms with van der Waals surface area (Å²) >= 11 is 0. The van der Waals surface area contributed by atoms with Gasteiger partial charge in [0, 0.05) is 17.8 Å². The number of benzene rings is 1. The Kier molecular flexibility index (Phi) is 3.55. The zero-order valence-electron chi connectivity index (χ0n) is 10.5. The van der Waals surface area contributed by atoms with Crippen molar-refractivity contribution in [1.29, 1.82) is 0 Å². The standard InChI is InChI=1S/C14H15FN2O/c1-3-6-17-10(2)13(8-16-17)11-4-5-14(15)12(7-11)9-18/h4-5,7-9H,3,6H2,1-2H3. The van der Waals surface area contributed by atoms with Gasteiger partial charge in [0.2, 0.25) is 0 Å². The molecule has 0 aliphatic heterocycles. The fourth-order valence-corrected chi connectivity index (χ4v) is 1.97. The van der Waals surface area contributed by atoms with E-state index in [2.05, 4.69) is 12.0 Å². The van der Waals surface area contributed by atoms with Gasteiger partial charge in [-0.05, 0) is 31.0 Å². The predicted octanol–water partition coefficient (Wildman–Crippen LogP) is 3.22. The topological polar surface area (TPSA) is 34.9 Å². The van der Waals surface area contributed by atoms with Crippen molar-refractivity contribution in [2.24, 2.45) is 0 Å². The number of carbonyl (C=O) groups is 1. The lowest BCUT2D eigenvalue weighted by Gasteiger charge is -2.05. The van der Waals surface area contributed by atoms with Crippen LogP contribution < -0.4 is 0 Å². The molecule has 0 unspecified atom stereocenters. The Morgan fingerprint density at radius 3 is 2.89 bits per heavy atom.